The zero-order chi connectivity index (χ0) is 17.4. The largest absolute Gasteiger partial charge is 0.472 e. The first kappa shape index (κ1) is 22.6. The van der Waals surface area contributed by atoms with Crippen LogP contribution in [0.25, 0.3) is 0 Å². The van der Waals surface area contributed by atoms with Gasteiger partial charge >= 0.3 is 7.82 Å². The first-order chi connectivity index (χ1) is 11.0. The molecule has 0 fully saturated rings. The summed E-state index contributed by atoms with van der Waals surface area (Å²) >= 11 is 0. The number of phosphoric ester groups is 1. The van der Waals surface area contributed by atoms with E-state index in [1.807, 2.05) is 0 Å². The number of hydrogen-bond acceptors (Lipinski definition) is 4. The van der Waals surface area contributed by atoms with Crippen LogP contribution in [0.5, 0.6) is 0 Å². The van der Waals surface area contributed by atoms with E-state index < -0.39 is 7.82 Å². The maximum atomic E-state index is 11.6. The lowest BCUT2D eigenvalue weighted by atomic mass is 10.1. The van der Waals surface area contributed by atoms with Gasteiger partial charge in [-0.05, 0) is 12.8 Å². The molecule has 6 nitrogen and oxygen atoms in total. The third kappa shape index (κ3) is 16.2. The van der Waals surface area contributed by atoms with Gasteiger partial charge in [0.2, 0.25) is 5.91 Å². The van der Waals surface area contributed by atoms with E-state index >= 15 is 0 Å². The van der Waals surface area contributed by atoms with E-state index in [1.165, 1.54) is 19.3 Å². The van der Waals surface area contributed by atoms with Crippen LogP contribution in [0, 0.1) is 0 Å². The van der Waals surface area contributed by atoms with Crippen LogP contribution in [0.15, 0.2) is 0 Å². The Balaban J connectivity index is 3.53. The minimum Gasteiger partial charge on any atom is -0.354 e. The molecule has 23 heavy (non-hydrogen) atoms. The van der Waals surface area contributed by atoms with Gasteiger partial charge in [0, 0.05) is 13.0 Å². The Bertz CT molecular complexity index is 338. The van der Waals surface area contributed by atoms with Crippen LogP contribution in [-0.4, -0.2) is 30.6 Å². The second-order valence-corrected chi connectivity index (χ2v) is 7.16. The van der Waals surface area contributed by atoms with Crippen LogP contribution in [0.1, 0.15) is 78.1 Å². The molecule has 2 N–H and O–H groups in total. The Kier molecular flexibility index (Phi) is 14.9. The Hall–Kier alpha value is -0.420. The highest BCUT2D eigenvalue weighted by atomic mass is 31.2. The van der Waals surface area contributed by atoms with Crippen LogP contribution in [0.4, 0.5) is 0 Å². The van der Waals surface area contributed by atoms with Crippen molar-refractivity contribution < 1.29 is 23.3 Å². The van der Waals surface area contributed by atoms with E-state index in [4.69, 9.17) is 9.05 Å². The van der Waals surface area contributed by atoms with Gasteiger partial charge in [-0.1, -0.05) is 58.8 Å². The molecule has 0 heterocycles. The lowest BCUT2D eigenvalue weighted by molar-refractivity contribution is -0.121. The van der Waals surface area contributed by atoms with E-state index in [0.717, 1.165) is 38.5 Å². The van der Waals surface area contributed by atoms with Gasteiger partial charge in [0.15, 0.2) is 0 Å². The highest BCUT2D eigenvalue weighted by Crippen LogP contribution is 2.42. The van der Waals surface area contributed by atoms with Gasteiger partial charge in [-0.2, -0.15) is 0 Å². The molecular weight excluding hydrogens is 317 g/mol. The van der Waals surface area contributed by atoms with Gasteiger partial charge in [0.1, 0.15) is 0 Å². The third-order valence-electron chi connectivity index (χ3n) is 3.44. The lowest BCUT2D eigenvalue weighted by Gasteiger charge is -2.12. The molecule has 0 aliphatic rings. The standard InChI is InChI=1S/C16H34NO5P/c1-3-5-7-8-9-11-14-21-23(19,20)22-15-13-17-16(18)12-10-6-4-2/h3-15H2,1-2H3,(H,17,18)(H,19,20). The van der Waals surface area contributed by atoms with Crippen molar-refractivity contribution in [3.05, 3.63) is 0 Å². The number of phosphoric acid groups is 1. The SMILES string of the molecule is CCCCCCCCOP(=O)(O)OCCNC(=O)CCCCC. The van der Waals surface area contributed by atoms with Crippen molar-refractivity contribution in [2.75, 3.05) is 19.8 Å². The van der Waals surface area contributed by atoms with E-state index in [9.17, 15) is 14.3 Å². The second kappa shape index (κ2) is 15.1. The maximum Gasteiger partial charge on any atom is 0.472 e. The summed E-state index contributed by atoms with van der Waals surface area (Å²) in [7, 11) is -3.99. The van der Waals surface area contributed by atoms with Gasteiger partial charge in [-0.3, -0.25) is 13.8 Å². The fourth-order valence-corrected chi connectivity index (χ4v) is 2.83. The molecule has 0 radical (unpaired) electrons. The van der Waals surface area contributed by atoms with Crippen molar-refractivity contribution in [3.63, 3.8) is 0 Å². The maximum absolute atomic E-state index is 11.6. The van der Waals surface area contributed by atoms with Gasteiger partial charge in [-0.25, -0.2) is 4.57 Å². The highest BCUT2D eigenvalue weighted by molar-refractivity contribution is 7.47. The Morgan fingerprint density at radius 1 is 0.913 bits per heavy atom. The van der Waals surface area contributed by atoms with Crippen molar-refractivity contribution >= 4 is 13.7 Å². The molecule has 7 heteroatoms. The minimum atomic E-state index is -3.99. The average molecular weight is 351 g/mol. The Morgan fingerprint density at radius 2 is 1.48 bits per heavy atom. The number of unbranched alkanes of at least 4 members (excludes halogenated alkanes) is 7. The van der Waals surface area contributed by atoms with Crippen LogP contribution in [-0.2, 0) is 18.4 Å². The van der Waals surface area contributed by atoms with Crippen molar-refractivity contribution in [3.8, 4) is 0 Å². The Morgan fingerprint density at radius 3 is 2.17 bits per heavy atom. The van der Waals surface area contributed by atoms with E-state index in [-0.39, 0.29) is 25.7 Å². The van der Waals surface area contributed by atoms with Crippen LogP contribution < -0.4 is 5.32 Å². The quantitative estimate of drug-likeness (QED) is 0.322. The zero-order valence-corrected chi connectivity index (χ0v) is 15.6. The van der Waals surface area contributed by atoms with Crippen molar-refractivity contribution in [2.45, 2.75) is 78.1 Å². The zero-order valence-electron chi connectivity index (χ0n) is 14.7. The van der Waals surface area contributed by atoms with Gasteiger partial charge in [0.05, 0.1) is 13.2 Å². The van der Waals surface area contributed by atoms with Gasteiger partial charge < -0.3 is 10.2 Å². The summed E-state index contributed by atoms with van der Waals surface area (Å²) in [6.07, 6.45) is 9.95. The fourth-order valence-electron chi connectivity index (χ4n) is 2.07. The number of hydrogen-bond donors (Lipinski definition) is 2. The van der Waals surface area contributed by atoms with Crippen LogP contribution in [0.2, 0.25) is 0 Å². The Labute approximate surface area is 140 Å². The molecule has 0 aromatic heterocycles. The molecule has 0 aromatic carbocycles. The van der Waals surface area contributed by atoms with Crippen LogP contribution >= 0.6 is 7.82 Å². The van der Waals surface area contributed by atoms with E-state index in [0.29, 0.717) is 6.42 Å². The number of nitrogens with one attached hydrogen (secondary N) is 1. The summed E-state index contributed by atoms with van der Waals surface area (Å²) in [5.41, 5.74) is 0. The topological polar surface area (TPSA) is 84.9 Å². The van der Waals surface area contributed by atoms with E-state index in [2.05, 4.69) is 19.2 Å². The highest BCUT2D eigenvalue weighted by Gasteiger charge is 2.20. The molecule has 0 spiro atoms. The predicted molar refractivity (Wildman–Crippen MR) is 92.3 cm³/mol. The molecule has 1 amide bonds. The summed E-state index contributed by atoms with van der Waals surface area (Å²) in [6.45, 7) is 4.66. The molecule has 0 aliphatic heterocycles. The van der Waals surface area contributed by atoms with Gasteiger partial charge in [0.25, 0.3) is 0 Å². The molecule has 0 bridgehead atoms. The first-order valence-corrected chi connectivity index (χ1v) is 10.4. The second-order valence-electron chi connectivity index (χ2n) is 5.71. The predicted octanol–water partition coefficient (Wildman–Crippen LogP) is 4.18. The molecule has 0 aromatic rings. The monoisotopic (exact) mass is 351 g/mol. The van der Waals surface area contributed by atoms with Gasteiger partial charge in [-0.15, -0.1) is 0 Å². The van der Waals surface area contributed by atoms with E-state index in [1.54, 1.807) is 0 Å². The fraction of sp³-hybridized carbons (Fsp3) is 0.938. The molecule has 0 saturated heterocycles. The number of carbonyl (C=O) groups excluding carboxylic acids is 1. The smallest absolute Gasteiger partial charge is 0.354 e. The summed E-state index contributed by atoms with van der Waals surface area (Å²) in [4.78, 5) is 20.9. The van der Waals surface area contributed by atoms with Crippen molar-refractivity contribution in [2.24, 2.45) is 0 Å². The van der Waals surface area contributed by atoms with Crippen molar-refractivity contribution in [1.82, 2.24) is 5.32 Å². The number of rotatable bonds is 16. The summed E-state index contributed by atoms with van der Waals surface area (Å²) in [6, 6.07) is 0. The normalized spacial score (nSPS) is 13.7. The molecule has 0 saturated carbocycles. The number of amides is 1. The summed E-state index contributed by atoms with van der Waals surface area (Å²) < 4.78 is 21.3. The molecule has 0 rings (SSSR count). The minimum absolute atomic E-state index is 0.0240. The number of carbonyl (C=O) groups is 1. The summed E-state index contributed by atoms with van der Waals surface area (Å²) in [5, 5.41) is 2.66. The van der Waals surface area contributed by atoms with Crippen molar-refractivity contribution in [1.29, 1.82) is 0 Å². The molecule has 0 aliphatic carbocycles. The summed E-state index contributed by atoms with van der Waals surface area (Å²) in [5.74, 6) is -0.0529. The average Bonchev–Trinajstić information content (AvgIpc) is 2.51. The molecule has 138 valence electrons. The molecular formula is C16H34NO5P. The first-order valence-electron chi connectivity index (χ1n) is 8.90. The molecule has 1 unspecified atom stereocenters. The lowest BCUT2D eigenvalue weighted by Crippen LogP contribution is -2.26. The molecule has 1 atom stereocenters. The van der Waals surface area contributed by atoms with Crippen LogP contribution in [0.3, 0.4) is 0 Å². The third-order valence-corrected chi connectivity index (χ3v) is 4.46.